The second-order valence-electron chi connectivity index (χ2n) is 6.46. The summed E-state index contributed by atoms with van der Waals surface area (Å²) in [6, 6.07) is 21.6. The molecule has 0 aliphatic rings. The summed E-state index contributed by atoms with van der Waals surface area (Å²) < 4.78 is 2.29. The monoisotopic (exact) mass is 466 g/mol. The molecular formula is C22H16BrClN4O. The predicted molar refractivity (Wildman–Crippen MR) is 119 cm³/mol. The van der Waals surface area contributed by atoms with Gasteiger partial charge >= 0.3 is 0 Å². The molecule has 144 valence electrons. The van der Waals surface area contributed by atoms with E-state index in [1.165, 1.54) is 0 Å². The number of hydrogen-bond donors (Lipinski definition) is 1. The zero-order chi connectivity index (χ0) is 20.2. The molecule has 0 aliphatic heterocycles. The third kappa shape index (κ3) is 4.72. The van der Waals surface area contributed by atoms with E-state index in [4.69, 9.17) is 11.6 Å². The summed E-state index contributed by atoms with van der Waals surface area (Å²) in [5, 5.41) is 11.4. The number of amides is 1. The molecule has 7 heteroatoms. The Labute approximate surface area is 181 Å². The fraction of sp³-hybridized carbons (Fsp3) is 0.0455. The number of fused-ring (bicyclic) bond motifs is 1. The highest BCUT2D eigenvalue weighted by atomic mass is 79.9. The highest BCUT2D eigenvalue weighted by molar-refractivity contribution is 9.10. The topological polar surface area (TPSA) is 59.3 Å². The van der Waals surface area contributed by atoms with Gasteiger partial charge in [0, 0.05) is 11.2 Å². The number of benzene rings is 3. The van der Waals surface area contributed by atoms with Gasteiger partial charge in [-0.2, -0.15) is 10.2 Å². The number of nitrogens with zero attached hydrogens (tertiary/aromatic N) is 3. The largest absolute Gasteiger partial charge is 0.293 e. The smallest absolute Gasteiger partial charge is 0.266 e. The summed E-state index contributed by atoms with van der Waals surface area (Å²) in [7, 11) is 0. The summed E-state index contributed by atoms with van der Waals surface area (Å²) >= 11 is 9.30. The molecule has 0 radical (unpaired) electrons. The van der Waals surface area contributed by atoms with Crippen molar-refractivity contribution in [3.8, 4) is 0 Å². The van der Waals surface area contributed by atoms with Crippen LogP contribution in [-0.4, -0.2) is 21.9 Å². The van der Waals surface area contributed by atoms with Gasteiger partial charge in [0.2, 0.25) is 0 Å². The van der Waals surface area contributed by atoms with E-state index in [1.807, 2.05) is 60.7 Å². The van der Waals surface area contributed by atoms with Gasteiger partial charge in [0.1, 0.15) is 0 Å². The quantitative estimate of drug-likeness (QED) is 0.321. The first kappa shape index (κ1) is 19.4. The minimum absolute atomic E-state index is 0.273. The lowest BCUT2D eigenvalue weighted by Gasteiger charge is -2.02. The lowest BCUT2D eigenvalue weighted by Crippen LogP contribution is -2.19. The number of hydrogen-bond acceptors (Lipinski definition) is 3. The molecular weight excluding hydrogens is 452 g/mol. The van der Waals surface area contributed by atoms with Crippen molar-refractivity contribution in [2.24, 2.45) is 5.10 Å². The van der Waals surface area contributed by atoms with Crippen LogP contribution in [0.25, 0.3) is 10.8 Å². The Bertz CT molecular complexity index is 1200. The molecule has 1 aromatic heterocycles. The van der Waals surface area contributed by atoms with Crippen LogP contribution in [-0.2, 0) is 6.54 Å². The van der Waals surface area contributed by atoms with Crippen LogP contribution in [0.15, 0.2) is 82.5 Å². The standard InChI is InChI=1S/C22H16BrClN4O/c23-20-14-28(13-15-6-9-19(24)10-7-15)27-21(20)22(29)26-25-12-16-5-8-17-3-1-2-4-18(17)11-16/h1-12,14H,13H2,(H,26,29)/b25-12-. The molecule has 0 unspecified atom stereocenters. The normalized spacial score (nSPS) is 11.2. The van der Waals surface area contributed by atoms with E-state index >= 15 is 0 Å². The fourth-order valence-corrected chi connectivity index (χ4v) is 3.54. The number of carbonyl (C=O) groups is 1. The molecule has 0 fully saturated rings. The maximum atomic E-state index is 12.4. The Morgan fingerprint density at radius 1 is 1.10 bits per heavy atom. The van der Waals surface area contributed by atoms with Crippen LogP contribution in [0.5, 0.6) is 0 Å². The van der Waals surface area contributed by atoms with E-state index in [9.17, 15) is 4.79 Å². The van der Waals surface area contributed by atoms with E-state index in [2.05, 4.69) is 37.6 Å². The Morgan fingerprint density at radius 2 is 1.86 bits per heavy atom. The SMILES string of the molecule is O=C(N/N=C\c1ccc2ccccc2c1)c1nn(Cc2ccc(Cl)cc2)cc1Br. The van der Waals surface area contributed by atoms with E-state index in [1.54, 1.807) is 17.1 Å². The fourth-order valence-electron chi connectivity index (χ4n) is 2.92. The molecule has 1 heterocycles. The number of nitrogens with one attached hydrogen (secondary N) is 1. The van der Waals surface area contributed by atoms with Crippen LogP contribution < -0.4 is 5.43 Å². The molecule has 0 aliphatic carbocycles. The average Bonchev–Trinajstić information content (AvgIpc) is 3.09. The van der Waals surface area contributed by atoms with Crippen molar-refractivity contribution in [2.75, 3.05) is 0 Å². The molecule has 0 bridgehead atoms. The maximum Gasteiger partial charge on any atom is 0.293 e. The molecule has 0 spiro atoms. The summed E-state index contributed by atoms with van der Waals surface area (Å²) in [6.07, 6.45) is 3.37. The van der Waals surface area contributed by atoms with Gasteiger partial charge < -0.3 is 0 Å². The van der Waals surface area contributed by atoms with Gasteiger partial charge in [-0.05, 0) is 56.0 Å². The summed E-state index contributed by atoms with van der Waals surface area (Å²) in [5.74, 6) is -0.385. The predicted octanol–water partition coefficient (Wildman–Crippen LogP) is 5.26. The number of aromatic nitrogens is 2. The molecule has 1 N–H and O–H groups in total. The van der Waals surface area contributed by atoms with Crippen LogP contribution in [0.1, 0.15) is 21.6 Å². The van der Waals surface area contributed by atoms with Crippen molar-refractivity contribution in [3.63, 3.8) is 0 Å². The number of rotatable bonds is 5. The average molecular weight is 468 g/mol. The van der Waals surface area contributed by atoms with Gasteiger partial charge in [0.05, 0.1) is 17.2 Å². The zero-order valence-corrected chi connectivity index (χ0v) is 17.6. The lowest BCUT2D eigenvalue weighted by atomic mass is 10.1. The molecule has 29 heavy (non-hydrogen) atoms. The van der Waals surface area contributed by atoms with Gasteiger partial charge in [-0.3, -0.25) is 9.48 Å². The van der Waals surface area contributed by atoms with E-state index in [0.29, 0.717) is 16.0 Å². The zero-order valence-electron chi connectivity index (χ0n) is 15.2. The first-order chi connectivity index (χ1) is 14.1. The van der Waals surface area contributed by atoms with E-state index < -0.39 is 0 Å². The van der Waals surface area contributed by atoms with Crippen LogP contribution >= 0.6 is 27.5 Å². The van der Waals surface area contributed by atoms with Crippen molar-refractivity contribution in [1.29, 1.82) is 0 Å². The molecule has 4 aromatic rings. The van der Waals surface area contributed by atoms with Gasteiger partial charge in [-0.1, -0.05) is 60.1 Å². The Balaban J connectivity index is 1.43. The van der Waals surface area contributed by atoms with E-state index in [-0.39, 0.29) is 11.6 Å². The Kier molecular flexibility index (Phi) is 5.74. The number of carbonyl (C=O) groups excluding carboxylic acids is 1. The maximum absolute atomic E-state index is 12.4. The van der Waals surface area contributed by atoms with E-state index in [0.717, 1.165) is 21.9 Å². The first-order valence-corrected chi connectivity index (χ1v) is 10.1. The summed E-state index contributed by atoms with van der Waals surface area (Å²) in [4.78, 5) is 12.4. The van der Waals surface area contributed by atoms with Crippen LogP contribution in [0.4, 0.5) is 0 Å². The Morgan fingerprint density at radius 3 is 2.66 bits per heavy atom. The molecule has 3 aromatic carbocycles. The van der Waals surface area contributed by atoms with Crippen molar-refractivity contribution in [3.05, 3.63) is 99.2 Å². The minimum atomic E-state index is -0.385. The first-order valence-electron chi connectivity index (χ1n) is 8.88. The number of halogens is 2. The van der Waals surface area contributed by atoms with Crippen molar-refractivity contribution in [1.82, 2.24) is 15.2 Å². The summed E-state index contributed by atoms with van der Waals surface area (Å²) in [6.45, 7) is 0.531. The Hall–Kier alpha value is -2.96. The highest BCUT2D eigenvalue weighted by Gasteiger charge is 2.14. The summed E-state index contributed by atoms with van der Waals surface area (Å²) in [5.41, 5.74) is 4.73. The second-order valence-corrected chi connectivity index (χ2v) is 7.75. The molecule has 0 saturated carbocycles. The van der Waals surface area contributed by atoms with Crippen molar-refractivity contribution in [2.45, 2.75) is 6.54 Å². The van der Waals surface area contributed by atoms with Gasteiger partial charge in [0.25, 0.3) is 5.91 Å². The number of hydrazone groups is 1. The van der Waals surface area contributed by atoms with Crippen molar-refractivity contribution < 1.29 is 4.79 Å². The third-order valence-corrected chi connectivity index (χ3v) is 5.18. The van der Waals surface area contributed by atoms with Gasteiger partial charge in [-0.25, -0.2) is 5.43 Å². The van der Waals surface area contributed by atoms with Gasteiger partial charge in [0.15, 0.2) is 5.69 Å². The molecule has 5 nitrogen and oxygen atoms in total. The molecule has 0 atom stereocenters. The van der Waals surface area contributed by atoms with Crippen molar-refractivity contribution >= 4 is 50.4 Å². The minimum Gasteiger partial charge on any atom is -0.266 e. The van der Waals surface area contributed by atoms with Crippen LogP contribution in [0.2, 0.25) is 5.02 Å². The second kappa shape index (κ2) is 8.59. The van der Waals surface area contributed by atoms with Crippen LogP contribution in [0.3, 0.4) is 0 Å². The highest BCUT2D eigenvalue weighted by Crippen LogP contribution is 2.17. The third-order valence-electron chi connectivity index (χ3n) is 4.34. The van der Waals surface area contributed by atoms with Crippen LogP contribution in [0, 0.1) is 0 Å². The molecule has 4 rings (SSSR count). The lowest BCUT2D eigenvalue weighted by molar-refractivity contribution is 0.0948. The molecule has 1 amide bonds. The molecule has 0 saturated heterocycles. The van der Waals surface area contributed by atoms with Gasteiger partial charge in [-0.15, -0.1) is 0 Å².